The van der Waals surface area contributed by atoms with E-state index < -0.39 is 5.91 Å². The first-order valence-electron chi connectivity index (χ1n) is 7.58. The summed E-state index contributed by atoms with van der Waals surface area (Å²) in [4.78, 5) is 25.4. The van der Waals surface area contributed by atoms with Crippen LogP contribution in [0.5, 0.6) is 0 Å². The van der Waals surface area contributed by atoms with E-state index in [0.717, 1.165) is 12.8 Å². The summed E-state index contributed by atoms with van der Waals surface area (Å²) in [5.74, 6) is -0.256. The number of carbonyl (C=O) groups is 2. The molecule has 2 rings (SSSR count). The molecule has 0 radical (unpaired) electrons. The lowest BCUT2D eigenvalue weighted by Crippen LogP contribution is -2.38. The van der Waals surface area contributed by atoms with E-state index in [1.807, 2.05) is 6.07 Å². The van der Waals surface area contributed by atoms with E-state index >= 15 is 0 Å². The van der Waals surface area contributed by atoms with E-state index in [-0.39, 0.29) is 11.5 Å². The minimum atomic E-state index is -0.573. The number of rotatable bonds is 4. The molecule has 1 fully saturated rings. The van der Waals surface area contributed by atoms with Crippen LogP contribution in [-0.4, -0.2) is 29.8 Å². The van der Waals surface area contributed by atoms with Crippen molar-refractivity contribution in [2.75, 3.05) is 18.4 Å². The van der Waals surface area contributed by atoms with Crippen molar-refractivity contribution in [1.29, 1.82) is 5.26 Å². The summed E-state index contributed by atoms with van der Waals surface area (Å²) < 4.78 is 0. The number of hydrogen-bond donors (Lipinski definition) is 2. The first-order valence-corrected chi connectivity index (χ1v) is 7.58. The molecular weight excluding hydrogens is 292 g/mol. The van der Waals surface area contributed by atoms with Gasteiger partial charge in [-0.1, -0.05) is 19.1 Å². The Morgan fingerprint density at radius 2 is 2.00 bits per heavy atom. The van der Waals surface area contributed by atoms with Gasteiger partial charge in [0.2, 0.25) is 0 Å². The van der Waals surface area contributed by atoms with Gasteiger partial charge in [0.25, 0.3) is 11.8 Å². The third-order valence-corrected chi connectivity index (χ3v) is 3.99. The molecule has 2 amide bonds. The van der Waals surface area contributed by atoms with Crippen LogP contribution in [0.15, 0.2) is 36.0 Å². The number of anilines is 1. The van der Waals surface area contributed by atoms with Crippen LogP contribution in [0.3, 0.4) is 0 Å². The monoisotopic (exact) mass is 312 g/mol. The summed E-state index contributed by atoms with van der Waals surface area (Å²) in [6.45, 7) is 3.49. The maximum atomic E-state index is 12.4. The molecule has 1 aromatic carbocycles. The Bertz CT molecular complexity index is 667. The molecule has 3 N–H and O–H groups in total. The van der Waals surface area contributed by atoms with E-state index in [4.69, 9.17) is 5.73 Å². The second kappa shape index (κ2) is 7.45. The van der Waals surface area contributed by atoms with Crippen LogP contribution in [0.25, 0.3) is 0 Å². The van der Waals surface area contributed by atoms with Gasteiger partial charge in [0.05, 0.1) is 11.3 Å². The van der Waals surface area contributed by atoms with Crippen LogP contribution in [0, 0.1) is 17.2 Å². The number of primary amides is 1. The Balaban J connectivity index is 2.12. The third-order valence-electron chi connectivity index (χ3n) is 3.99. The molecule has 6 heteroatoms. The Morgan fingerprint density at radius 3 is 2.61 bits per heavy atom. The van der Waals surface area contributed by atoms with Crippen molar-refractivity contribution in [3.05, 3.63) is 41.6 Å². The van der Waals surface area contributed by atoms with Crippen molar-refractivity contribution in [3.63, 3.8) is 0 Å². The van der Waals surface area contributed by atoms with E-state index in [9.17, 15) is 14.9 Å². The number of carbonyl (C=O) groups excluding carboxylic acids is 2. The van der Waals surface area contributed by atoms with Crippen LogP contribution in [-0.2, 0) is 4.79 Å². The average molecular weight is 312 g/mol. The number of benzene rings is 1. The molecule has 0 atom stereocenters. The number of piperidine rings is 1. The quantitative estimate of drug-likeness (QED) is 0.654. The van der Waals surface area contributed by atoms with Gasteiger partial charge in [-0.15, -0.1) is 0 Å². The standard InChI is InChI=1S/C17H20N4O2/c1-12-6-8-21(9-7-12)17(23)13(10-18)11-20-15-5-3-2-4-14(15)16(19)22/h2-5,11-12,20H,6-9H2,1H3,(H2,19,22)/b13-11-. The summed E-state index contributed by atoms with van der Waals surface area (Å²) in [6.07, 6.45) is 3.23. The van der Waals surface area contributed by atoms with Gasteiger partial charge in [-0.25, -0.2) is 0 Å². The molecular formula is C17H20N4O2. The first-order chi connectivity index (χ1) is 11.0. The normalized spacial score (nSPS) is 15.8. The van der Waals surface area contributed by atoms with Crippen molar-refractivity contribution in [2.45, 2.75) is 19.8 Å². The molecule has 0 aromatic heterocycles. The second-order valence-corrected chi connectivity index (χ2v) is 5.70. The zero-order valence-electron chi connectivity index (χ0n) is 13.1. The lowest BCUT2D eigenvalue weighted by atomic mass is 9.99. The lowest BCUT2D eigenvalue weighted by Gasteiger charge is -2.30. The fourth-order valence-electron chi connectivity index (χ4n) is 2.50. The van der Waals surface area contributed by atoms with E-state index in [1.54, 1.807) is 29.2 Å². The van der Waals surface area contributed by atoms with Gasteiger partial charge in [0.1, 0.15) is 11.6 Å². The molecule has 0 bridgehead atoms. The Kier molecular flexibility index (Phi) is 5.36. The Labute approximate surface area is 135 Å². The predicted octanol–water partition coefficient (Wildman–Crippen LogP) is 1.86. The van der Waals surface area contributed by atoms with Crippen molar-refractivity contribution in [3.8, 4) is 6.07 Å². The number of amides is 2. The summed E-state index contributed by atoms with van der Waals surface area (Å²) in [7, 11) is 0. The van der Waals surface area contributed by atoms with E-state index in [0.29, 0.717) is 30.3 Å². The fourth-order valence-corrected chi connectivity index (χ4v) is 2.50. The molecule has 1 aliphatic heterocycles. The van der Waals surface area contributed by atoms with E-state index in [2.05, 4.69) is 12.2 Å². The molecule has 0 unspecified atom stereocenters. The lowest BCUT2D eigenvalue weighted by molar-refractivity contribution is -0.128. The van der Waals surface area contributed by atoms with Gasteiger partial charge in [-0.3, -0.25) is 9.59 Å². The Hall–Kier alpha value is -2.81. The van der Waals surface area contributed by atoms with Crippen LogP contribution < -0.4 is 11.1 Å². The minimum Gasteiger partial charge on any atom is -0.366 e. The highest BCUT2D eigenvalue weighted by atomic mass is 16.2. The third kappa shape index (κ3) is 4.10. The molecule has 0 aliphatic carbocycles. The van der Waals surface area contributed by atoms with Crippen LogP contribution in [0.2, 0.25) is 0 Å². The minimum absolute atomic E-state index is 0.0128. The number of hydrogen-bond acceptors (Lipinski definition) is 4. The number of nitriles is 1. The zero-order chi connectivity index (χ0) is 16.8. The summed E-state index contributed by atoms with van der Waals surface area (Å²) in [6, 6.07) is 8.60. The van der Waals surface area contributed by atoms with Gasteiger partial charge >= 0.3 is 0 Å². The SMILES string of the molecule is CC1CCN(C(=O)/C(C#N)=C\Nc2ccccc2C(N)=O)CC1. The second-order valence-electron chi connectivity index (χ2n) is 5.70. The average Bonchev–Trinajstić information content (AvgIpc) is 2.56. The number of likely N-dealkylation sites (tertiary alicyclic amines) is 1. The zero-order valence-corrected chi connectivity index (χ0v) is 13.1. The molecule has 6 nitrogen and oxygen atoms in total. The van der Waals surface area contributed by atoms with Crippen molar-refractivity contribution >= 4 is 17.5 Å². The largest absolute Gasteiger partial charge is 0.366 e. The molecule has 1 saturated heterocycles. The van der Waals surface area contributed by atoms with Crippen LogP contribution in [0.1, 0.15) is 30.1 Å². The number of nitrogens with two attached hydrogens (primary N) is 1. The van der Waals surface area contributed by atoms with Gasteiger partial charge in [-0.2, -0.15) is 5.26 Å². The molecule has 1 aliphatic rings. The summed E-state index contributed by atoms with van der Waals surface area (Å²) in [5.41, 5.74) is 6.09. The number of nitrogens with one attached hydrogen (secondary N) is 1. The van der Waals surface area contributed by atoms with Gasteiger partial charge in [0, 0.05) is 19.3 Å². The summed E-state index contributed by atoms with van der Waals surface area (Å²) >= 11 is 0. The molecule has 1 aromatic rings. The van der Waals surface area contributed by atoms with E-state index in [1.165, 1.54) is 6.20 Å². The van der Waals surface area contributed by atoms with Crippen molar-refractivity contribution in [2.24, 2.45) is 11.7 Å². The number of para-hydroxylation sites is 1. The van der Waals surface area contributed by atoms with Gasteiger partial charge < -0.3 is 16.0 Å². The molecule has 0 saturated carbocycles. The number of nitrogens with zero attached hydrogens (tertiary/aromatic N) is 2. The highest BCUT2D eigenvalue weighted by Crippen LogP contribution is 2.18. The smallest absolute Gasteiger partial charge is 0.266 e. The Morgan fingerprint density at radius 1 is 1.35 bits per heavy atom. The summed E-state index contributed by atoms with van der Waals surface area (Å²) in [5, 5.41) is 12.1. The molecule has 23 heavy (non-hydrogen) atoms. The van der Waals surface area contributed by atoms with Crippen LogP contribution in [0.4, 0.5) is 5.69 Å². The molecule has 1 heterocycles. The van der Waals surface area contributed by atoms with Gasteiger partial charge in [0.15, 0.2) is 0 Å². The maximum Gasteiger partial charge on any atom is 0.266 e. The van der Waals surface area contributed by atoms with Crippen molar-refractivity contribution in [1.82, 2.24) is 4.90 Å². The fraction of sp³-hybridized carbons (Fsp3) is 0.353. The van der Waals surface area contributed by atoms with Crippen LogP contribution >= 0.6 is 0 Å². The highest BCUT2D eigenvalue weighted by molar-refractivity contribution is 6.00. The molecule has 120 valence electrons. The van der Waals surface area contributed by atoms with Crippen molar-refractivity contribution < 1.29 is 9.59 Å². The first kappa shape index (κ1) is 16.6. The maximum absolute atomic E-state index is 12.4. The highest BCUT2D eigenvalue weighted by Gasteiger charge is 2.23. The topological polar surface area (TPSA) is 99.2 Å². The molecule has 0 spiro atoms. The predicted molar refractivity (Wildman–Crippen MR) is 87.3 cm³/mol. The van der Waals surface area contributed by atoms with Gasteiger partial charge in [-0.05, 0) is 30.9 Å².